The van der Waals surface area contributed by atoms with Gasteiger partial charge < -0.3 is 15.2 Å². The summed E-state index contributed by atoms with van der Waals surface area (Å²) in [6.07, 6.45) is -0.323. The highest BCUT2D eigenvalue weighted by Crippen LogP contribution is 2.24. The molecule has 0 heterocycles. The average molecular weight is 361 g/mol. The van der Waals surface area contributed by atoms with Gasteiger partial charge in [0.15, 0.2) is 0 Å². The monoisotopic (exact) mass is 361 g/mol. The van der Waals surface area contributed by atoms with Gasteiger partial charge in [-0.25, -0.2) is 13.6 Å². The lowest BCUT2D eigenvalue weighted by atomic mass is 9.92. The Morgan fingerprint density at radius 2 is 1.60 bits per heavy atom. The topological polar surface area (TPSA) is 129 Å². The number of hydrogen-bond acceptors (Lipinski definition) is 5. The van der Waals surface area contributed by atoms with Crippen LogP contribution < -0.4 is 15.6 Å². The van der Waals surface area contributed by atoms with Gasteiger partial charge in [-0.15, -0.1) is 0 Å². The highest BCUT2D eigenvalue weighted by Gasteiger charge is 2.17. The smallest absolute Gasteiger partial charge is 0.238 e. The number of primary sulfonamides is 1. The molecular weight excluding hydrogens is 344 g/mol. The number of carboxylic acid groups (broad SMARTS) is 1. The maximum absolute atomic E-state index is 12.2. The molecule has 2 aromatic carbocycles. The van der Waals surface area contributed by atoms with E-state index < -0.39 is 27.8 Å². The normalized spacial score (nSPS) is 12.4. The molecule has 2 aromatic rings. The molecule has 25 heavy (non-hydrogen) atoms. The van der Waals surface area contributed by atoms with Crippen LogP contribution in [0.3, 0.4) is 0 Å². The van der Waals surface area contributed by atoms with Gasteiger partial charge in [0.2, 0.25) is 15.9 Å². The van der Waals surface area contributed by atoms with Crippen LogP contribution in [0.1, 0.15) is 24.3 Å². The Morgan fingerprint density at radius 1 is 1.00 bits per heavy atom. The van der Waals surface area contributed by atoms with Crippen molar-refractivity contribution in [2.24, 2.45) is 5.14 Å². The third kappa shape index (κ3) is 5.70. The summed E-state index contributed by atoms with van der Waals surface area (Å²) in [7, 11) is -3.80. The van der Waals surface area contributed by atoms with E-state index in [1.807, 2.05) is 0 Å². The molecule has 0 radical (unpaired) electrons. The summed E-state index contributed by atoms with van der Waals surface area (Å²) < 4.78 is 22.4. The van der Waals surface area contributed by atoms with Crippen molar-refractivity contribution in [1.29, 1.82) is 0 Å². The van der Waals surface area contributed by atoms with Gasteiger partial charge in [-0.05, 0) is 42.2 Å². The standard InChI is InChI=1S/C17H18N2O5S/c18-25(23,24)15-8-6-14(7-9-15)19-16(20)10-13(11-17(21)22)12-4-2-1-3-5-12/h1-9,13H,10-11H2,(H,19,20)(H,21,22)(H2,18,23,24)/p-1/t13-/m0/s1. The van der Waals surface area contributed by atoms with Gasteiger partial charge in [0.1, 0.15) is 0 Å². The predicted molar refractivity (Wildman–Crippen MR) is 89.9 cm³/mol. The lowest BCUT2D eigenvalue weighted by molar-refractivity contribution is -0.306. The minimum atomic E-state index is -3.80. The molecule has 3 N–H and O–H groups in total. The molecule has 0 spiro atoms. The van der Waals surface area contributed by atoms with Crippen molar-refractivity contribution in [1.82, 2.24) is 0 Å². The Balaban J connectivity index is 2.07. The van der Waals surface area contributed by atoms with Crippen molar-refractivity contribution >= 4 is 27.6 Å². The molecular formula is C17H17N2O5S-. The fraction of sp³-hybridized carbons (Fsp3) is 0.176. The van der Waals surface area contributed by atoms with Gasteiger partial charge in [-0.1, -0.05) is 30.3 Å². The van der Waals surface area contributed by atoms with E-state index in [1.54, 1.807) is 30.3 Å². The number of nitrogens with one attached hydrogen (secondary N) is 1. The average Bonchev–Trinajstić information content (AvgIpc) is 2.54. The van der Waals surface area contributed by atoms with E-state index in [1.165, 1.54) is 24.3 Å². The number of rotatable bonds is 7. The molecule has 2 rings (SSSR count). The van der Waals surface area contributed by atoms with Crippen LogP contribution in [-0.4, -0.2) is 20.3 Å². The molecule has 1 atom stereocenters. The highest BCUT2D eigenvalue weighted by molar-refractivity contribution is 7.89. The number of carbonyl (C=O) groups is 2. The largest absolute Gasteiger partial charge is 0.550 e. The molecule has 0 bridgehead atoms. The second-order valence-electron chi connectivity index (χ2n) is 5.51. The van der Waals surface area contributed by atoms with E-state index in [9.17, 15) is 23.1 Å². The fourth-order valence-electron chi connectivity index (χ4n) is 2.40. The van der Waals surface area contributed by atoms with Gasteiger partial charge in [-0.2, -0.15) is 0 Å². The maximum atomic E-state index is 12.2. The van der Waals surface area contributed by atoms with Crippen molar-refractivity contribution in [2.75, 3.05) is 5.32 Å². The number of carbonyl (C=O) groups excluding carboxylic acids is 2. The first-order valence-electron chi connectivity index (χ1n) is 7.43. The summed E-state index contributed by atoms with van der Waals surface area (Å²) >= 11 is 0. The van der Waals surface area contributed by atoms with E-state index in [0.717, 1.165) is 5.56 Å². The summed E-state index contributed by atoms with van der Waals surface area (Å²) in [5, 5.41) is 18.6. The number of hydrogen-bond donors (Lipinski definition) is 2. The van der Waals surface area contributed by atoms with Crippen molar-refractivity contribution < 1.29 is 23.1 Å². The number of aliphatic carboxylic acids is 1. The zero-order chi connectivity index (χ0) is 18.4. The third-order valence-electron chi connectivity index (χ3n) is 3.58. The Kier molecular flexibility index (Phi) is 5.89. The molecule has 0 aromatic heterocycles. The van der Waals surface area contributed by atoms with Crippen molar-refractivity contribution in [3.8, 4) is 0 Å². The van der Waals surface area contributed by atoms with Gasteiger partial charge in [0.25, 0.3) is 0 Å². The SMILES string of the molecule is NS(=O)(=O)c1ccc(NC(=O)C[C@@H](CC(=O)[O-])c2ccccc2)cc1. The molecule has 0 aliphatic heterocycles. The first kappa shape index (κ1) is 18.6. The van der Waals surface area contributed by atoms with Crippen molar-refractivity contribution in [2.45, 2.75) is 23.7 Å². The zero-order valence-electron chi connectivity index (χ0n) is 13.2. The number of sulfonamides is 1. The van der Waals surface area contributed by atoms with Crippen LogP contribution >= 0.6 is 0 Å². The molecule has 1 amide bonds. The first-order chi connectivity index (χ1) is 11.8. The van der Waals surface area contributed by atoms with Crippen molar-refractivity contribution in [3.05, 3.63) is 60.2 Å². The van der Waals surface area contributed by atoms with Crippen LogP contribution in [-0.2, 0) is 19.6 Å². The molecule has 7 nitrogen and oxygen atoms in total. The summed E-state index contributed by atoms with van der Waals surface area (Å²) in [5.74, 6) is -2.15. The van der Waals surface area contributed by atoms with Crippen LogP contribution in [0.5, 0.6) is 0 Å². The number of benzene rings is 2. The van der Waals surface area contributed by atoms with E-state index in [0.29, 0.717) is 5.69 Å². The van der Waals surface area contributed by atoms with Crippen molar-refractivity contribution in [3.63, 3.8) is 0 Å². The van der Waals surface area contributed by atoms with E-state index in [-0.39, 0.29) is 17.7 Å². The molecule has 0 saturated carbocycles. The second-order valence-corrected chi connectivity index (χ2v) is 7.07. The van der Waals surface area contributed by atoms with Crippen LogP contribution in [0, 0.1) is 0 Å². The van der Waals surface area contributed by atoms with Crippen LogP contribution in [0.25, 0.3) is 0 Å². The number of carboxylic acids is 1. The third-order valence-corrected chi connectivity index (χ3v) is 4.51. The Labute approximate surface area is 145 Å². The first-order valence-corrected chi connectivity index (χ1v) is 8.98. The molecule has 0 aliphatic rings. The summed E-state index contributed by atoms with van der Waals surface area (Å²) in [4.78, 5) is 23.1. The predicted octanol–water partition coefficient (Wildman–Crippen LogP) is 0.586. The molecule has 0 saturated heterocycles. The summed E-state index contributed by atoms with van der Waals surface area (Å²) in [6, 6.07) is 14.2. The number of amides is 1. The van der Waals surface area contributed by atoms with E-state index >= 15 is 0 Å². The quantitative estimate of drug-likeness (QED) is 0.745. The van der Waals surface area contributed by atoms with Gasteiger partial charge in [0, 0.05) is 18.1 Å². The number of nitrogens with two attached hydrogens (primary N) is 1. The highest BCUT2D eigenvalue weighted by atomic mass is 32.2. The molecule has 8 heteroatoms. The summed E-state index contributed by atoms with van der Waals surface area (Å²) in [5.41, 5.74) is 1.11. The van der Waals surface area contributed by atoms with Crippen LogP contribution in [0.4, 0.5) is 5.69 Å². The Morgan fingerprint density at radius 3 is 2.12 bits per heavy atom. The van der Waals surface area contributed by atoms with E-state index in [2.05, 4.69) is 5.32 Å². The molecule has 0 fully saturated rings. The molecule has 0 unspecified atom stereocenters. The zero-order valence-corrected chi connectivity index (χ0v) is 14.0. The van der Waals surface area contributed by atoms with Crippen LogP contribution in [0.15, 0.2) is 59.5 Å². The lowest BCUT2D eigenvalue weighted by Crippen LogP contribution is -2.26. The molecule has 0 aliphatic carbocycles. The Bertz CT molecular complexity index is 848. The number of anilines is 1. The lowest BCUT2D eigenvalue weighted by Gasteiger charge is -2.17. The van der Waals surface area contributed by atoms with E-state index in [4.69, 9.17) is 5.14 Å². The van der Waals surface area contributed by atoms with Crippen LogP contribution in [0.2, 0.25) is 0 Å². The van der Waals surface area contributed by atoms with Gasteiger partial charge >= 0.3 is 0 Å². The minimum absolute atomic E-state index is 0.0467. The minimum Gasteiger partial charge on any atom is -0.550 e. The van der Waals surface area contributed by atoms with Gasteiger partial charge in [0.05, 0.1) is 4.90 Å². The molecule has 132 valence electrons. The Hall–Kier alpha value is -2.71. The summed E-state index contributed by atoms with van der Waals surface area (Å²) in [6.45, 7) is 0. The fourth-order valence-corrected chi connectivity index (χ4v) is 2.91. The maximum Gasteiger partial charge on any atom is 0.238 e. The second kappa shape index (κ2) is 7.91. The van der Waals surface area contributed by atoms with Gasteiger partial charge in [-0.3, -0.25) is 4.79 Å².